The number of carbonyl (C=O) groups excluding carboxylic acids is 1. The minimum atomic E-state index is -0.323. The van der Waals surface area contributed by atoms with E-state index < -0.39 is 0 Å². The van der Waals surface area contributed by atoms with Crippen molar-refractivity contribution >= 4 is 6.09 Å². The lowest BCUT2D eigenvalue weighted by Gasteiger charge is -2.38. The SMILES string of the molecule is CCOC(=O)NCC1(c2ccccc2)CCNCC1. The van der Waals surface area contributed by atoms with E-state index >= 15 is 0 Å². The van der Waals surface area contributed by atoms with Gasteiger partial charge in [-0.3, -0.25) is 0 Å². The number of benzene rings is 1. The maximum Gasteiger partial charge on any atom is 0.407 e. The Balaban J connectivity index is 2.09. The standard InChI is InChI=1S/C15H22N2O2/c1-2-19-14(18)17-12-15(8-10-16-11-9-15)13-6-4-3-5-7-13/h3-7,16H,2,8-12H2,1H3,(H,17,18). The molecule has 1 aromatic rings. The summed E-state index contributed by atoms with van der Waals surface area (Å²) in [6.07, 6.45) is 1.74. The van der Waals surface area contributed by atoms with Crippen LogP contribution in [0.4, 0.5) is 4.79 Å². The molecule has 0 saturated carbocycles. The van der Waals surface area contributed by atoms with Crippen molar-refractivity contribution < 1.29 is 9.53 Å². The second-order valence-electron chi connectivity index (χ2n) is 4.97. The van der Waals surface area contributed by atoms with Crippen LogP contribution in [0.25, 0.3) is 0 Å². The van der Waals surface area contributed by atoms with E-state index in [-0.39, 0.29) is 11.5 Å². The first-order valence-corrected chi connectivity index (χ1v) is 6.94. The molecule has 4 nitrogen and oxygen atoms in total. The molecule has 0 unspecified atom stereocenters. The molecule has 0 aliphatic carbocycles. The Morgan fingerprint density at radius 2 is 2.00 bits per heavy atom. The van der Waals surface area contributed by atoms with Gasteiger partial charge in [0.1, 0.15) is 0 Å². The molecule has 1 aromatic carbocycles. The highest BCUT2D eigenvalue weighted by atomic mass is 16.5. The molecule has 4 heteroatoms. The Morgan fingerprint density at radius 1 is 1.32 bits per heavy atom. The zero-order valence-corrected chi connectivity index (χ0v) is 11.4. The van der Waals surface area contributed by atoms with Crippen molar-refractivity contribution in [1.29, 1.82) is 0 Å². The van der Waals surface area contributed by atoms with Crippen LogP contribution in [0.5, 0.6) is 0 Å². The Bertz CT molecular complexity index is 400. The molecular formula is C15H22N2O2. The number of piperidine rings is 1. The first kappa shape index (κ1) is 13.9. The second kappa shape index (κ2) is 6.57. The molecule has 1 aliphatic heterocycles. The normalized spacial score (nSPS) is 17.7. The lowest BCUT2D eigenvalue weighted by molar-refractivity contribution is 0.147. The van der Waals surface area contributed by atoms with Crippen LogP contribution in [0.2, 0.25) is 0 Å². The van der Waals surface area contributed by atoms with Crippen molar-refractivity contribution in [3.05, 3.63) is 35.9 Å². The number of nitrogens with one attached hydrogen (secondary N) is 2. The second-order valence-corrected chi connectivity index (χ2v) is 4.97. The van der Waals surface area contributed by atoms with Gasteiger partial charge in [-0.05, 0) is 38.4 Å². The molecule has 1 amide bonds. The number of carbonyl (C=O) groups is 1. The number of amides is 1. The number of alkyl carbamates (subject to hydrolysis) is 1. The summed E-state index contributed by atoms with van der Waals surface area (Å²) in [5.41, 5.74) is 1.33. The van der Waals surface area contributed by atoms with Gasteiger partial charge in [0, 0.05) is 12.0 Å². The fourth-order valence-electron chi connectivity index (χ4n) is 2.69. The Kier molecular flexibility index (Phi) is 4.80. The van der Waals surface area contributed by atoms with Crippen molar-refractivity contribution in [2.75, 3.05) is 26.2 Å². The molecule has 1 saturated heterocycles. The van der Waals surface area contributed by atoms with Gasteiger partial charge in [-0.15, -0.1) is 0 Å². The van der Waals surface area contributed by atoms with Crippen molar-refractivity contribution in [2.24, 2.45) is 0 Å². The van der Waals surface area contributed by atoms with E-state index in [1.165, 1.54) is 5.56 Å². The number of hydrogen-bond donors (Lipinski definition) is 2. The summed E-state index contributed by atoms with van der Waals surface area (Å²) in [6.45, 7) is 4.83. The summed E-state index contributed by atoms with van der Waals surface area (Å²) in [5, 5.41) is 6.28. The van der Waals surface area contributed by atoms with Crippen molar-refractivity contribution in [3.8, 4) is 0 Å². The fourth-order valence-corrected chi connectivity index (χ4v) is 2.69. The predicted molar refractivity (Wildman–Crippen MR) is 75.2 cm³/mol. The molecular weight excluding hydrogens is 240 g/mol. The van der Waals surface area contributed by atoms with Crippen LogP contribution in [-0.2, 0) is 10.2 Å². The molecule has 0 aromatic heterocycles. The van der Waals surface area contributed by atoms with Gasteiger partial charge in [0.25, 0.3) is 0 Å². The molecule has 0 bridgehead atoms. The molecule has 0 atom stereocenters. The highest BCUT2D eigenvalue weighted by molar-refractivity contribution is 5.67. The van der Waals surface area contributed by atoms with Crippen LogP contribution >= 0.6 is 0 Å². The molecule has 1 aliphatic rings. The van der Waals surface area contributed by atoms with Crippen molar-refractivity contribution in [1.82, 2.24) is 10.6 Å². The van der Waals surface area contributed by atoms with Gasteiger partial charge in [-0.2, -0.15) is 0 Å². The van der Waals surface area contributed by atoms with Crippen LogP contribution < -0.4 is 10.6 Å². The van der Waals surface area contributed by atoms with E-state index in [0.29, 0.717) is 13.2 Å². The molecule has 0 spiro atoms. The molecule has 2 rings (SSSR count). The molecule has 2 N–H and O–H groups in total. The zero-order valence-electron chi connectivity index (χ0n) is 11.4. The zero-order chi connectivity index (χ0) is 13.6. The molecule has 0 radical (unpaired) electrons. The van der Waals surface area contributed by atoms with E-state index in [4.69, 9.17) is 4.74 Å². The molecule has 19 heavy (non-hydrogen) atoms. The topological polar surface area (TPSA) is 50.4 Å². The average molecular weight is 262 g/mol. The Hall–Kier alpha value is -1.55. The summed E-state index contributed by atoms with van der Waals surface area (Å²) < 4.78 is 4.95. The van der Waals surface area contributed by atoms with E-state index in [2.05, 4.69) is 34.9 Å². The van der Waals surface area contributed by atoms with E-state index in [1.807, 2.05) is 13.0 Å². The fraction of sp³-hybridized carbons (Fsp3) is 0.533. The third-order valence-electron chi connectivity index (χ3n) is 3.79. The van der Waals surface area contributed by atoms with Gasteiger partial charge in [0.15, 0.2) is 0 Å². The smallest absolute Gasteiger partial charge is 0.407 e. The van der Waals surface area contributed by atoms with Gasteiger partial charge in [-0.25, -0.2) is 4.79 Å². The molecule has 1 heterocycles. The van der Waals surface area contributed by atoms with Crippen LogP contribution in [0.15, 0.2) is 30.3 Å². The highest BCUT2D eigenvalue weighted by Crippen LogP contribution is 2.32. The lowest BCUT2D eigenvalue weighted by Crippen LogP contribution is -2.47. The van der Waals surface area contributed by atoms with E-state index in [1.54, 1.807) is 0 Å². The summed E-state index contributed by atoms with van der Waals surface area (Å²) >= 11 is 0. The first-order valence-electron chi connectivity index (χ1n) is 6.94. The van der Waals surface area contributed by atoms with Crippen LogP contribution in [0.1, 0.15) is 25.3 Å². The van der Waals surface area contributed by atoms with Crippen LogP contribution in [0, 0.1) is 0 Å². The van der Waals surface area contributed by atoms with Gasteiger partial charge >= 0.3 is 6.09 Å². The van der Waals surface area contributed by atoms with Gasteiger partial charge in [-0.1, -0.05) is 30.3 Å². The van der Waals surface area contributed by atoms with Crippen molar-refractivity contribution in [3.63, 3.8) is 0 Å². The van der Waals surface area contributed by atoms with E-state index in [0.717, 1.165) is 25.9 Å². The summed E-state index contributed by atoms with van der Waals surface area (Å²) in [4.78, 5) is 11.5. The maximum atomic E-state index is 11.5. The van der Waals surface area contributed by atoms with E-state index in [9.17, 15) is 4.79 Å². The van der Waals surface area contributed by atoms with Crippen LogP contribution in [-0.4, -0.2) is 32.3 Å². The van der Waals surface area contributed by atoms with Gasteiger partial charge in [0.05, 0.1) is 6.61 Å². The molecule has 1 fully saturated rings. The Morgan fingerprint density at radius 3 is 2.63 bits per heavy atom. The van der Waals surface area contributed by atoms with Crippen LogP contribution in [0.3, 0.4) is 0 Å². The summed E-state index contributed by atoms with van der Waals surface area (Å²) in [7, 11) is 0. The largest absolute Gasteiger partial charge is 0.450 e. The number of hydrogen-bond acceptors (Lipinski definition) is 3. The Labute approximate surface area is 114 Å². The average Bonchev–Trinajstić information content (AvgIpc) is 2.47. The third kappa shape index (κ3) is 3.47. The summed E-state index contributed by atoms with van der Waals surface area (Å²) in [6, 6.07) is 10.4. The number of rotatable bonds is 4. The molecule has 104 valence electrons. The highest BCUT2D eigenvalue weighted by Gasteiger charge is 2.34. The minimum Gasteiger partial charge on any atom is -0.450 e. The van der Waals surface area contributed by atoms with Gasteiger partial charge in [0.2, 0.25) is 0 Å². The van der Waals surface area contributed by atoms with Crippen molar-refractivity contribution in [2.45, 2.75) is 25.2 Å². The first-order chi connectivity index (χ1) is 9.27. The number of ether oxygens (including phenoxy) is 1. The third-order valence-corrected chi connectivity index (χ3v) is 3.79. The monoisotopic (exact) mass is 262 g/mol. The lowest BCUT2D eigenvalue weighted by atomic mass is 9.73. The summed E-state index contributed by atoms with van der Waals surface area (Å²) in [5.74, 6) is 0. The maximum absolute atomic E-state index is 11.5. The van der Waals surface area contributed by atoms with Gasteiger partial charge < -0.3 is 15.4 Å². The minimum absolute atomic E-state index is 0.0271. The quantitative estimate of drug-likeness (QED) is 0.873. The predicted octanol–water partition coefficient (Wildman–Crippen LogP) is 2.05.